The van der Waals surface area contributed by atoms with E-state index in [9.17, 15) is 0 Å². The Hall–Kier alpha value is -0.300. The van der Waals surface area contributed by atoms with Crippen LogP contribution in [0.5, 0.6) is 0 Å². The first-order valence-corrected chi connectivity index (χ1v) is 3.84. The zero-order chi connectivity index (χ0) is 7.78. The number of ether oxygens (including phenoxy) is 1. The Balaban J connectivity index is 2.13. The van der Waals surface area contributed by atoms with Crippen LogP contribution in [0.3, 0.4) is 0 Å². The van der Waals surface area contributed by atoms with Gasteiger partial charge in [-0.1, -0.05) is 5.57 Å². The molecule has 1 rings (SSSR count). The van der Waals surface area contributed by atoms with E-state index in [-0.39, 0.29) is 5.60 Å². The molecule has 0 radical (unpaired) electrons. The SMILES string of the molecule is C=C(C)CCC1OC1(C)C. The highest BCUT2D eigenvalue weighted by molar-refractivity contribution is 4.98. The molecule has 0 saturated carbocycles. The molecule has 1 heterocycles. The van der Waals surface area contributed by atoms with E-state index in [1.807, 2.05) is 0 Å². The maximum atomic E-state index is 5.41. The normalized spacial score (nSPS) is 28.1. The van der Waals surface area contributed by atoms with Gasteiger partial charge in [0.05, 0.1) is 11.7 Å². The summed E-state index contributed by atoms with van der Waals surface area (Å²) in [6.45, 7) is 10.2. The van der Waals surface area contributed by atoms with Crippen molar-refractivity contribution in [3.8, 4) is 0 Å². The Labute approximate surface area is 63.1 Å². The van der Waals surface area contributed by atoms with Gasteiger partial charge in [0.15, 0.2) is 0 Å². The highest BCUT2D eigenvalue weighted by Gasteiger charge is 2.46. The van der Waals surface area contributed by atoms with Gasteiger partial charge in [0.2, 0.25) is 0 Å². The number of epoxide rings is 1. The van der Waals surface area contributed by atoms with Crippen LogP contribution in [0.15, 0.2) is 12.2 Å². The van der Waals surface area contributed by atoms with E-state index in [4.69, 9.17) is 4.74 Å². The lowest BCUT2D eigenvalue weighted by atomic mass is 10.0. The second kappa shape index (κ2) is 2.39. The van der Waals surface area contributed by atoms with Gasteiger partial charge in [0.1, 0.15) is 0 Å². The molecule has 1 aliphatic rings. The summed E-state index contributed by atoms with van der Waals surface area (Å²) in [4.78, 5) is 0. The molecule has 1 nitrogen and oxygen atoms in total. The summed E-state index contributed by atoms with van der Waals surface area (Å²) in [7, 11) is 0. The molecule has 0 N–H and O–H groups in total. The molecule has 1 aliphatic heterocycles. The monoisotopic (exact) mass is 140 g/mol. The summed E-state index contributed by atoms with van der Waals surface area (Å²) in [6.07, 6.45) is 2.74. The molecule has 10 heavy (non-hydrogen) atoms. The van der Waals surface area contributed by atoms with Crippen molar-refractivity contribution in [1.82, 2.24) is 0 Å². The molecular weight excluding hydrogens is 124 g/mol. The molecule has 0 aromatic rings. The molecule has 0 aliphatic carbocycles. The van der Waals surface area contributed by atoms with Gasteiger partial charge in [0, 0.05) is 0 Å². The zero-order valence-corrected chi connectivity index (χ0v) is 7.11. The van der Waals surface area contributed by atoms with Crippen molar-refractivity contribution in [1.29, 1.82) is 0 Å². The fourth-order valence-corrected chi connectivity index (χ4v) is 1.12. The molecular formula is C9H16O. The number of hydrogen-bond acceptors (Lipinski definition) is 1. The predicted octanol–water partition coefficient (Wildman–Crippen LogP) is 2.52. The molecule has 0 bridgehead atoms. The third-order valence-corrected chi connectivity index (χ3v) is 2.00. The van der Waals surface area contributed by atoms with Gasteiger partial charge in [-0.3, -0.25) is 0 Å². The quantitative estimate of drug-likeness (QED) is 0.433. The Bertz CT molecular complexity index is 147. The van der Waals surface area contributed by atoms with Crippen LogP contribution in [0.25, 0.3) is 0 Å². The van der Waals surface area contributed by atoms with Crippen LogP contribution in [0.4, 0.5) is 0 Å². The molecule has 0 aromatic heterocycles. The largest absolute Gasteiger partial charge is 0.367 e. The molecule has 0 amide bonds. The Morgan fingerprint density at radius 2 is 2.10 bits per heavy atom. The van der Waals surface area contributed by atoms with Crippen LogP contribution < -0.4 is 0 Å². The second-order valence-electron chi connectivity index (χ2n) is 3.71. The van der Waals surface area contributed by atoms with Crippen molar-refractivity contribution < 1.29 is 4.74 Å². The van der Waals surface area contributed by atoms with Gasteiger partial charge >= 0.3 is 0 Å². The van der Waals surface area contributed by atoms with Gasteiger partial charge in [-0.15, -0.1) is 6.58 Å². The summed E-state index contributed by atoms with van der Waals surface area (Å²) in [5.41, 5.74) is 1.42. The summed E-state index contributed by atoms with van der Waals surface area (Å²) < 4.78 is 5.41. The lowest BCUT2D eigenvalue weighted by Crippen LogP contribution is -2.02. The lowest BCUT2D eigenvalue weighted by molar-refractivity contribution is 0.320. The van der Waals surface area contributed by atoms with Crippen molar-refractivity contribution in [2.45, 2.75) is 45.3 Å². The third kappa shape index (κ3) is 1.84. The summed E-state index contributed by atoms with van der Waals surface area (Å²) >= 11 is 0. The number of rotatable bonds is 3. The zero-order valence-electron chi connectivity index (χ0n) is 7.11. The van der Waals surface area contributed by atoms with Crippen molar-refractivity contribution >= 4 is 0 Å². The summed E-state index contributed by atoms with van der Waals surface area (Å²) in [5.74, 6) is 0. The average molecular weight is 140 g/mol. The fraction of sp³-hybridized carbons (Fsp3) is 0.778. The Kier molecular flexibility index (Phi) is 1.86. The highest BCUT2D eigenvalue weighted by Crippen LogP contribution is 2.38. The fourth-order valence-electron chi connectivity index (χ4n) is 1.12. The van der Waals surface area contributed by atoms with E-state index in [1.54, 1.807) is 0 Å². The van der Waals surface area contributed by atoms with Crippen LogP contribution in [0.1, 0.15) is 33.6 Å². The van der Waals surface area contributed by atoms with Gasteiger partial charge in [-0.05, 0) is 33.6 Å². The van der Waals surface area contributed by atoms with Gasteiger partial charge < -0.3 is 4.74 Å². The van der Waals surface area contributed by atoms with Crippen molar-refractivity contribution in [3.05, 3.63) is 12.2 Å². The van der Waals surface area contributed by atoms with E-state index in [0.717, 1.165) is 12.8 Å². The minimum absolute atomic E-state index is 0.162. The first kappa shape index (κ1) is 7.80. The number of hydrogen-bond donors (Lipinski definition) is 0. The van der Waals surface area contributed by atoms with Crippen LogP contribution >= 0.6 is 0 Å². The van der Waals surface area contributed by atoms with Gasteiger partial charge in [-0.2, -0.15) is 0 Å². The topological polar surface area (TPSA) is 12.5 Å². The minimum atomic E-state index is 0.162. The van der Waals surface area contributed by atoms with Crippen LogP contribution in [0.2, 0.25) is 0 Å². The maximum Gasteiger partial charge on any atom is 0.0892 e. The molecule has 1 atom stereocenters. The molecule has 1 fully saturated rings. The Morgan fingerprint density at radius 3 is 2.40 bits per heavy atom. The second-order valence-corrected chi connectivity index (χ2v) is 3.71. The minimum Gasteiger partial charge on any atom is -0.367 e. The lowest BCUT2D eigenvalue weighted by Gasteiger charge is -1.96. The Morgan fingerprint density at radius 1 is 1.60 bits per heavy atom. The molecule has 1 saturated heterocycles. The molecule has 0 aromatic carbocycles. The van der Waals surface area contributed by atoms with Crippen molar-refractivity contribution in [3.63, 3.8) is 0 Å². The number of allylic oxidation sites excluding steroid dienone is 1. The molecule has 1 heteroatoms. The molecule has 0 spiro atoms. The average Bonchev–Trinajstić information content (AvgIpc) is 2.35. The smallest absolute Gasteiger partial charge is 0.0892 e. The van der Waals surface area contributed by atoms with Crippen LogP contribution in [0, 0.1) is 0 Å². The van der Waals surface area contributed by atoms with Crippen molar-refractivity contribution in [2.24, 2.45) is 0 Å². The van der Waals surface area contributed by atoms with E-state index in [0.29, 0.717) is 6.10 Å². The summed E-state index contributed by atoms with van der Waals surface area (Å²) in [5, 5.41) is 0. The van der Waals surface area contributed by atoms with E-state index in [2.05, 4.69) is 27.4 Å². The molecule has 58 valence electrons. The van der Waals surface area contributed by atoms with Crippen LogP contribution in [-0.2, 0) is 4.74 Å². The van der Waals surface area contributed by atoms with Gasteiger partial charge in [-0.25, -0.2) is 0 Å². The third-order valence-electron chi connectivity index (χ3n) is 2.00. The van der Waals surface area contributed by atoms with Crippen LogP contribution in [-0.4, -0.2) is 11.7 Å². The summed E-state index contributed by atoms with van der Waals surface area (Å²) in [6, 6.07) is 0. The standard InChI is InChI=1S/C9H16O/c1-7(2)5-6-8-9(3,4)10-8/h8H,1,5-6H2,2-4H3. The molecule has 1 unspecified atom stereocenters. The first-order valence-electron chi connectivity index (χ1n) is 3.84. The van der Waals surface area contributed by atoms with E-state index >= 15 is 0 Å². The van der Waals surface area contributed by atoms with Gasteiger partial charge in [0.25, 0.3) is 0 Å². The highest BCUT2D eigenvalue weighted by atomic mass is 16.6. The first-order chi connectivity index (χ1) is 4.52. The van der Waals surface area contributed by atoms with E-state index < -0.39 is 0 Å². The van der Waals surface area contributed by atoms with Crippen molar-refractivity contribution in [2.75, 3.05) is 0 Å². The predicted molar refractivity (Wildman–Crippen MR) is 43.0 cm³/mol. The maximum absolute atomic E-state index is 5.41. The van der Waals surface area contributed by atoms with E-state index in [1.165, 1.54) is 5.57 Å².